The molecule has 0 amide bonds. The lowest BCUT2D eigenvalue weighted by Gasteiger charge is -2.18. The highest BCUT2D eigenvalue weighted by Crippen LogP contribution is 2.16. The van der Waals surface area contributed by atoms with Crippen LogP contribution < -0.4 is 0 Å². The Morgan fingerprint density at radius 2 is 0.632 bits per heavy atom. The monoisotopic (exact) mass is 803 g/mol. The van der Waals surface area contributed by atoms with E-state index in [-0.39, 0.29) is 31.1 Å². The maximum atomic E-state index is 12.7. The highest BCUT2D eigenvalue weighted by molar-refractivity contribution is 5.71. The molecule has 0 radical (unpaired) electrons. The lowest BCUT2D eigenvalue weighted by atomic mass is 10.0. The van der Waals surface area contributed by atoms with Gasteiger partial charge in [-0.1, -0.05) is 231 Å². The molecule has 0 bridgehead atoms. The molecule has 0 aliphatic rings. The van der Waals surface area contributed by atoms with Crippen LogP contribution in [0.3, 0.4) is 0 Å². The molecule has 0 aliphatic heterocycles. The Morgan fingerprint density at radius 1 is 0.351 bits per heavy atom. The zero-order valence-electron chi connectivity index (χ0n) is 38.1. The first kappa shape index (κ1) is 54.9. The van der Waals surface area contributed by atoms with Gasteiger partial charge < -0.3 is 14.2 Å². The molecule has 0 aromatic carbocycles. The van der Waals surface area contributed by atoms with E-state index in [1.165, 1.54) is 154 Å². The van der Waals surface area contributed by atoms with E-state index >= 15 is 0 Å². The van der Waals surface area contributed by atoms with Crippen LogP contribution in [-0.2, 0) is 28.6 Å². The summed E-state index contributed by atoms with van der Waals surface area (Å²) in [5.74, 6) is -0.896. The van der Waals surface area contributed by atoms with E-state index in [4.69, 9.17) is 14.2 Å². The van der Waals surface area contributed by atoms with Crippen molar-refractivity contribution in [2.75, 3.05) is 13.2 Å². The Morgan fingerprint density at radius 3 is 0.982 bits per heavy atom. The van der Waals surface area contributed by atoms with Crippen molar-refractivity contribution in [2.45, 2.75) is 271 Å². The van der Waals surface area contributed by atoms with Gasteiger partial charge >= 0.3 is 17.9 Å². The first-order valence-corrected chi connectivity index (χ1v) is 24.9. The van der Waals surface area contributed by atoms with Gasteiger partial charge in [0.25, 0.3) is 0 Å². The third-order valence-electron chi connectivity index (χ3n) is 11.0. The number of rotatable bonds is 45. The van der Waals surface area contributed by atoms with Gasteiger partial charge in [0, 0.05) is 19.3 Å². The van der Waals surface area contributed by atoms with Gasteiger partial charge in [-0.25, -0.2) is 0 Å². The van der Waals surface area contributed by atoms with Gasteiger partial charge in [0.05, 0.1) is 0 Å². The molecule has 6 heteroatoms. The minimum atomic E-state index is -0.777. The number of hydrogen-bond donors (Lipinski definition) is 0. The van der Waals surface area contributed by atoms with E-state index in [1.54, 1.807) is 0 Å². The molecule has 1 unspecified atom stereocenters. The molecule has 0 aromatic rings. The minimum Gasteiger partial charge on any atom is -0.462 e. The van der Waals surface area contributed by atoms with Gasteiger partial charge in [-0.3, -0.25) is 14.4 Å². The molecular weight excluding hydrogens is 709 g/mol. The zero-order chi connectivity index (χ0) is 41.5. The number of hydrogen-bond acceptors (Lipinski definition) is 6. The van der Waals surface area contributed by atoms with Crippen LogP contribution in [-0.4, -0.2) is 37.2 Å². The van der Waals surface area contributed by atoms with Gasteiger partial charge in [0.2, 0.25) is 0 Å². The number of allylic oxidation sites excluding steroid dienone is 4. The van der Waals surface area contributed by atoms with Crippen molar-refractivity contribution in [3.8, 4) is 0 Å². The molecular formula is C51H94O6. The van der Waals surface area contributed by atoms with Crippen molar-refractivity contribution in [2.24, 2.45) is 0 Å². The summed E-state index contributed by atoms with van der Waals surface area (Å²) in [6.45, 7) is 6.58. The molecule has 57 heavy (non-hydrogen) atoms. The summed E-state index contributed by atoms with van der Waals surface area (Å²) >= 11 is 0. The smallest absolute Gasteiger partial charge is 0.306 e. The average molecular weight is 803 g/mol. The topological polar surface area (TPSA) is 78.9 Å². The van der Waals surface area contributed by atoms with Gasteiger partial charge in [-0.05, 0) is 38.5 Å². The van der Waals surface area contributed by atoms with E-state index in [2.05, 4.69) is 45.1 Å². The first-order valence-electron chi connectivity index (χ1n) is 24.9. The van der Waals surface area contributed by atoms with Crippen LogP contribution in [0.15, 0.2) is 24.3 Å². The van der Waals surface area contributed by atoms with Crippen molar-refractivity contribution in [3.63, 3.8) is 0 Å². The molecule has 334 valence electrons. The Kier molecular flexibility index (Phi) is 44.9. The Labute approximate surface area is 353 Å². The predicted octanol–water partition coefficient (Wildman–Crippen LogP) is 16.0. The van der Waals surface area contributed by atoms with Gasteiger partial charge in [-0.15, -0.1) is 0 Å². The maximum Gasteiger partial charge on any atom is 0.306 e. The van der Waals surface area contributed by atoms with E-state index < -0.39 is 6.10 Å². The van der Waals surface area contributed by atoms with E-state index in [0.717, 1.165) is 70.6 Å². The summed E-state index contributed by atoms with van der Waals surface area (Å²) in [6.07, 6.45) is 51.6. The second-order valence-corrected chi connectivity index (χ2v) is 16.8. The van der Waals surface area contributed by atoms with Crippen molar-refractivity contribution in [1.82, 2.24) is 0 Å². The van der Waals surface area contributed by atoms with Crippen LogP contribution in [0.2, 0.25) is 0 Å². The second-order valence-electron chi connectivity index (χ2n) is 16.8. The Hall–Kier alpha value is -2.11. The fraction of sp³-hybridized carbons (Fsp3) is 0.863. The summed E-state index contributed by atoms with van der Waals surface area (Å²) in [5, 5.41) is 0. The number of esters is 3. The van der Waals surface area contributed by atoms with E-state index in [9.17, 15) is 14.4 Å². The zero-order valence-corrected chi connectivity index (χ0v) is 38.1. The lowest BCUT2D eigenvalue weighted by molar-refractivity contribution is -0.167. The fourth-order valence-electron chi connectivity index (χ4n) is 7.18. The van der Waals surface area contributed by atoms with Gasteiger partial charge in [0.1, 0.15) is 13.2 Å². The van der Waals surface area contributed by atoms with Crippen molar-refractivity contribution >= 4 is 17.9 Å². The molecule has 0 N–H and O–H groups in total. The number of unbranched alkanes of at least 4 members (excludes halogenated alkanes) is 31. The molecule has 0 aliphatic carbocycles. The van der Waals surface area contributed by atoms with E-state index in [0.29, 0.717) is 19.3 Å². The van der Waals surface area contributed by atoms with Crippen LogP contribution in [0.25, 0.3) is 0 Å². The van der Waals surface area contributed by atoms with Crippen molar-refractivity contribution in [3.05, 3.63) is 24.3 Å². The quantitative estimate of drug-likeness (QED) is 0.0264. The van der Waals surface area contributed by atoms with Crippen LogP contribution in [0, 0.1) is 0 Å². The number of ether oxygens (including phenoxy) is 3. The normalized spacial score (nSPS) is 12.1. The molecule has 6 nitrogen and oxygen atoms in total. The van der Waals surface area contributed by atoms with Crippen molar-refractivity contribution in [1.29, 1.82) is 0 Å². The minimum absolute atomic E-state index is 0.0776. The Bertz CT molecular complexity index is 927. The standard InChI is InChI=1S/C51H94O6/c1-4-7-10-13-16-19-22-23-24-25-26-27-30-32-35-38-41-44-50(53)56-47-48(57-51(54)45-42-39-36-33-29-21-18-15-12-9-6-3)46-55-49(52)43-40-37-34-31-28-20-17-14-11-8-5-2/h15,18,21,29,48H,4-14,16-17,19-20,22-28,30-47H2,1-3H3/b18-15-,29-21-. The number of carbonyl (C=O) groups is 3. The summed E-state index contributed by atoms with van der Waals surface area (Å²) < 4.78 is 16.7. The third-order valence-corrected chi connectivity index (χ3v) is 11.0. The lowest BCUT2D eigenvalue weighted by Crippen LogP contribution is -2.30. The Balaban J connectivity index is 4.30. The van der Waals surface area contributed by atoms with Gasteiger partial charge in [-0.2, -0.15) is 0 Å². The number of carbonyl (C=O) groups excluding carboxylic acids is 3. The molecule has 0 saturated heterocycles. The third kappa shape index (κ3) is 44.8. The molecule has 0 heterocycles. The molecule has 0 rings (SSSR count). The predicted molar refractivity (Wildman–Crippen MR) is 243 cm³/mol. The largest absolute Gasteiger partial charge is 0.462 e. The van der Waals surface area contributed by atoms with Crippen LogP contribution in [0.5, 0.6) is 0 Å². The summed E-state index contributed by atoms with van der Waals surface area (Å²) in [6, 6.07) is 0. The first-order chi connectivity index (χ1) is 28.0. The fourth-order valence-corrected chi connectivity index (χ4v) is 7.18. The molecule has 0 saturated carbocycles. The van der Waals surface area contributed by atoms with Crippen molar-refractivity contribution < 1.29 is 28.6 Å². The van der Waals surface area contributed by atoms with Crippen LogP contribution in [0.4, 0.5) is 0 Å². The second kappa shape index (κ2) is 46.6. The summed E-state index contributed by atoms with van der Waals surface area (Å²) in [7, 11) is 0. The van der Waals surface area contributed by atoms with Crippen LogP contribution in [0.1, 0.15) is 265 Å². The average Bonchev–Trinajstić information content (AvgIpc) is 3.21. The highest BCUT2D eigenvalue weighted by atomic mass is 16.6. The summed E-state index contributed by atoms with van der Waals surface area (Å²) in [4.78, 5) is 37.8. The van der Waals surface area contributed by atoms with Crippen LogP contribution >= 0.6 is 0 Å². The molecule has 1 atom stereocenters. The maximum absolute atomic E-state index is 12.7. The van der Waals surface area contributed by atoms with E-state index in [1.807, 2.05) is 0 Å². The SMILES string of the molecule is CCCC/C=C\C=C/CCCCCC(=O)OC(COC(=O)CCCCCCCCCCCCC)COC(=O)CCCCCCCCCCCCCCCCCCC. The molecule has 0 fully saturated rings. The van der Waals surface area contributed by atoms with Gasteiger partial charge in [0.15, 0.2) is 6.10 Å². The molecule has 0 aromatic heterocycles. The highest BCUT2D eigenvalue weighted by Gasteiger charge is 2.19. The summed E-state index contributed by atoms with van der Waals surface area (Å²) in [5.41, 5.74) is 0. The molecule has 0 spiro atoms.